The molecule has 4 N–H and O–H groups in total. The van der Waals surface area contributed by atoms with Crippen LogP contribution in [-0.2, 0) is 10.0 Å². The zero-order chi connectivity index (χ0) is 13.2. The lowest BCUT2D eigenvalue weighted by molar-refractivity contribution is 0.138. The molecule has 0 amide bonds. The summed E-state index contributed by atoms with van der Waals surface area (Å²) in [5.74, 6) is 0.179. The molecule has 1 fully saturated rings. The SMILES string of the molecule is NS(=O)(=O)c1ccccc1NCC1CCCC1O. The van der Waals surface area contributed by atoms with Gasteiger partial charge in [-0.1, -0.05) is 18.6 Å². The van der Waals surface area contributed by atoms with Crippen molar-refractivity contribution in [2.24, 2.45) is 11.1 Å². The maximum absolute atomic E-state index is 11.4. The highest BCUT2D eigenvalue weighted by Crippen LogP contribution is 2.27. The molecule has 5 nitrogen and oxygen atoms in total. The Labute approximate surface area is 107 Å². The van der Waals surface area contributed by atoms with E-state index in [-0.39, 0.29) is 16.9 Å². The van der Waals surface area contributed by atoms with E-state index in [1.54, 1.807) is 18.2 Å². The number of nitrogens with one attached hydrogen (secondary N) is 1. The van der Waals surface area contributed by atoms with E-state index in [0.29, 0.717) is 12.2 Å². The molecule has 2 unspecified atom stereocenters. The van der Waals surface area contributed by atoms with E-state index in [9.17, 15) is 13.5 Å². The van der Waals surface area contributed by atoms with Crippen molar-refractivity contribution in [3.63, 3.8) is 0 Å². The Morgan fingerprint density at radius 1 is 1.33 bits per heavy atom. The summed E-state index contributed by atoms with van der Waals surface area (Å²) in [5.41, 5.74) is 0.499. The van der Waals surface area contributed by atoms with Gasteiger partial charge in [0.15, 0.2) is 0 Å². The van der Waals surface area contributed by atoms with Gasteiger partial charge in [0, 0.05) is 12.5 Å². The Morgan fingerprint density at radius 3 is 2.67 bits per heavy atom. The zero-order valence-electron chi connectivity index (χ0n) is 10.0. The monoisotopic (exact) mass is 270 g/mol. The number of primary sulfonamides is 1. The van der Waals surface area contributed by atoms with E-state index in [1.807, 2.05) is 0 Å². The summed E-state index contributed by atoms with van der Waals surface area (Å²) in [7, 11) is -3.72. The van der Waals surface area contributed by atoms with Crippen LogP contribution in [0.4, 0.5) is 5.69 Å². The van der Waals surface area contributed by atoms with Crippen LogP contribution < -0.4 is 10.5 Å². The number of anilines is 1. The predicted octanol–water partition coefficient (Wildman–Crippen LogP) is 0.907. The number of hydrogen-bond acceptors (Lipinski definition) is 4. The standard InChI is InChI=1S/C12H18N2O3S/c13-18(16,17)12-7-2-1-5-10(12)14-8-9-4-3-6-11(9)15/h1-2,5,7,9,11,14-15H,3-4,6,8H2,(H2,13,16,17). The lowest BCUT2D eigenvalue weighted by atomic mass is 10.1. The second-order valence-electron chi connectivity index (χ2n) is 4.68. The van der Waals surface area contributed by atoms with Crippen LogP contribution in [0, 0.1) is 5.92 Å². The molecule has 6 heteroatoms. The van der Waals surface area contributed by atoms with Gasteiger partial charge in [-0.15, -0.1) is 0 Å². The maximum Gasteiger partial charge on any atom is 0.240 e. The average Bonchev–Trinajstić information content (AvgIpc) is 2.71. The van der Waals surface area contributed by atoms with Crippen LogP contribution in [0.25, 0.3) is 0 Å². The first-order valence-electron chi connectivity index (χ1n) is 6.02. The zero-order valence-corrected chi connectivity index (χ0v) is 10.9. The first kappa shape index (κ1) is 13.3. The van der Waals surface area contributed by atoms with Gasteiger partial charge in [-0.3, -0.25) is 0 Å². The molecule has 18 heavy (non-hydrogen) atoms. The van der Waals surface area contributed by atoms with Gasteiger partial charge < -0.3 is 10.4 Å². The molecular weight excluding hydrogens is 252 g/mol. The Bertz CT molecular complexity index is 516. The fraction of sp³-hybridized carbons (Fsp3) is 0.500. The quantitative estimate of drug-likeness (QED) is 0.758. The molecule has 0 bridgehead atoms. The van der Waals surface area contributed by atoms with Crippen molar-refractivity contribution in [3.05, 3.63) is 24.3 Å². The van der Waals surface area contributed by atoms with Crippen molar-refractivity contribution in [1.82, 2.24) is 0 Å². The molecule has 1 aromatic carbocycles. The molecule has 0 radical (unpaired) electrons. The Kier molecular flexibility index (Phi) is 3.89. The number of rotatable bonds is 4. The largest absolute Gasteiger partial charge is 0.393 e. The van der Waals surface area contributed by atoms with Crippen molar-refractivity contribution in [2.75, 3.05) is 11.9 Å². The number of nitrogens with two attached hydrogens (primary N) is 1. The fourth-order valence-electron chi connectivity index (χ4n) is 2.36. The summed E-state index contributed by atoms with van der Waals surface area (Å²) in [6.07, 6.45) is 2.51. The van der Waals surface area contributed by atoms with Gasteiger partial charge in [-0.2, -0.15) is 0 Å². The van der Waals surface area contributed by atoms with Crippen LogP contribution in [0.5, 0.6) is 0 Å². The van der Waals surface area contributed by atoms with Crippen molar-refractivity contribution in [2.45, 2.75) is 30.3 Å². The van der Waals surface area contributed by atoms with Gasteiger partial charge in [-0.25, -0.2) is 13.6 Å². The third-order valence-electron chi connectivity index (χ3n) is 3.37. The summed E-state index contributed by atoms with van der Waals surface area (Å²) in [5, 5.41) is 17.9. The predicted molar refractivity (Wildman–Crippen MR) is 69.7 cm³/mol. The summed E-state index contributed by atoms with van der Waals surface area (Å²) in [6, 6.07) is 6.54. The number of hydrogen-bond donors (Lipinski definition) is 3. The molecule has 0 aromatic heterocycles. The summed E-state index contributed by atoms with van der Waals surface area (Å²) >= 11 is 0. The van der Waals surface area contributed by atoms with Gasteiger partial charge in [0.05, 0.1) is 11.8 Å². The van der Waals surface area contributed by atoms with Crippen LogP contribution >= 0.6 is 0 Å². The van der Waals surface area contributed by atoms with Crippen molar-refractivity contribution in [3.8, 4) is 0 Å². The Morgan fingerprint density at radius 2 is 2.06 bits per heavy atom. The smallest absolute Gasteiger partial charge is 0.240 e. The number of aliphatic hydroxyl groups is 1. The summed E-state index contributed by atoms with van der Waals surface area (Å²) in [4.78, 5) is 0.0949. The average molecular weight is 270 g/mol. The van der Waals surface area contributed by atoms with E-state index in [1.165, 1.54) is 6.07 Å². The van der Waals surface area contributed by atoms with Crippen LogP contribution in [0.2, 0.25) is 0 Å². The minimum absolute atomic E-state index is 0.0949. The van der Waals surface area contributed by atoms with Crippen molar-refractivity contribution in [1.29, 1.82) is 0 Å². The van der Waals surface area contributed by atoms with E-state index >= 15 is 0 Å². The summed E-state index contributed by atoms with van der Waals surface area (Å²) < 4.78 is 22.8. The second-order valence-corrected chi connectivity index (χ2v) is 6.21. The van der Waals surface area contributed by atoms with Crippen LogP contribution in [0.1, 0.15) is 19.3 Å². The van der Waals surface area contributed by atoms with E-state index in [4.69, 9.17) is 5.14 Å². The molecule has 1 aliphatic rings. The van der Waals surface area contributed by atoms with E-state index in [0.717, 1.165) is 19.3 Å². The maximum atomic E-state index is 11.4. The molecule has 1 saturated carbocycles. The third-order valence-corrected chi connectivity index (χ3v) is 4.34. The molecule has 1 aromatic rings. The highest BCUT2D eigenvalue weighted by molar-refractivity contribution is 7.89. The van der Waals surface area contributed by atoms with Gasteiger partial charge in [-0.05, 0) is 25.0 Å². The molecule has 100 valence electrons. The lowest BCUT2D eigenvalue weighted by Crippen LogP contribution is -2.23. The third kappa shape index (κ3) is 3.01. The number of benzene rings is 1. The Balaban J connectivity index is 2.10. The van der Waals surface area contributed by atoms with Gasteiger partial charge in [0.2, 0.25) is 10.0 Å². The minimum atomic E-state index is -3.72. The lowest BCUT2D eigenvalue weighted by Gasteiger charge is -2.17. The number of aliphatic hydroxyl groups excluding tert-OH is 1. The number of sulfonamides is 1. The van der Waals surface area contributed by atoms with E-state index in [2.05, 4.69) is 5.32 Å². The highest BCUT2D eigenvalue weighted by Gasteiger charge is 2.25. The van der Waals surface area contributed by atoms with Gasteiger partial charge in [0.25, 0.3) is 0 Å². The van der Waals surface area contributed by atoms with Crippen LogP contribution in [0.15, 0.2) is 29.2 Å². The van der Waals surface area contributed by atoms with Gasteiger partial charge >= 0.3 is 0 Å². The minimum Gasteiger partial charge on any atom is -0.393 e. The summed E-state index contributed by atoms with van der Waals surface area (Å²) in [6.45, 7) is 0.563. The highest BCUT2D eigenvalue weighted by atomic mass is 32.2. The fourth-order valence-corrected chi connectivity index (χ4v) is 3.07. The van der Waals surface area contributed by atoms with E-state index < -0.39 is 10.0 Å². The topological polar surface area (TPSA) is 92.4 Å². The molecule has 0 heterocycles. The molecule has 2 rings (SSSR count). The normalized spacial score (nSPS) is 24.1. The second kappa shape index (κ2) is 5.26. The first-order chi connectivity index (χ1) is 8.48. The van der Waals surface area contributed by atoms with Crippen LogP contribution in [0.3, 0.4) is 0 Å². The molecule has 0 saturated heterocycles. The first-order valence-corrected chi connectivity index (χ1v) is 7.57. The van der Waals surface area contributed by atoms with Gasteiger partial charge in [0.1, 0.15) is 4.90 Å². The van der Waals surface area contributed by atoms with Crippen LogP contribution in [-0.4, -0.2) is 26.2 Å². The van der Waals surface area contributed by atoms with Crippen molar-refractivity contribution < 1.29 is 13.5 Å². The molecule has 1 aliphatic carbocycles. The molecule has 2 atom stereocenters. The Hall–Kier alpha value is -1.11. The molecule has 0 aliphatic heterocycles. The van der Waals surface area contributed by atoms with Crippen molar-refractivity contribution >= 4 is 15.7 Å². The molecular formula is C12H18N2O3S. The number of para-hydroxylation sites is 1. The molecule has 0 spiro atoms.